The van der Waals surface area contributed by atoms with E-state index in [4.69, 9.17) is 14.2 Å². The van der Waals surface area contributed by atoms with E-state index >= 15 is 0 Å². The second-order valence-electron chi connectivity index (χ2n) is 4.68. The molecular weight excluding hydrogens is 282 g/mol. The Labute approximate surface area is 129 Å². The lowest BCUT2D eigenvalue weighted by atomic mass is 10.1. The molecule has 0 aromatic heterocycles. The number of benzene rings is 2. The Morgan fingerprint density at radius 3 is 2.41 bits per heavy atom. The molecule has 0 aliphatic rings. The number of hydrogen-bond acceptors (Lipinski definition) is 4. The van der Waals surface area contributed by atoms with Crippen molar-refractivity contribution in [1.82, 2.24) is 0 Å². The molecule has 0 heterocycles. The molecular formula is C17H19NO4. The third-order valence-corrected chi connectivity index (χ3v) is 3.32. The van der Waals surface area contributed by atoms with Crippen LogP contribution in [0.2, 0.25) is 0 Å². The third-order valence-electron chi connectivity index (χ3n) is 3.32. The van der Waals surface area contributed by atoms with E-state index in [0.717, 1.165) is 5.56 Å². The molecule has 0 aliphatic heterocycles. The van der Waals surface area contributed by atoms with Gasteiger partial charge in [-0.15, -0.1) is 0 Å². The number of nitrogens with one attached hydrogen (secondary N) is 1. The van der Waals surface area contributed by atoms with E-state index < -0.39 is 0 Å². The molecule has 0 bridgehead atoms. The van der Waals surface area contributed by atoms with Gasteiger partial charge in [0.1, 0.15) is 17.2 Å². The maximum absolute atomic E-state index is 12.5. The maximum Gasteiger partial charge on any atom is 0.259 e. The summed E-state index contributed by atoms with van der Waals surface area (Å²) in [7, 11) is 4.66. The van der Waals surface area contributed by atoms with Crippen molar-refractivity contribution in [2.45, 2.75) is 6.92 Å². The van der Waals surface area contributed by atoms with Crippen molar-refractivity contribution in [2.24, 2.45) is 0 Å². The first kappa shape index (κ1) is 15.7. The Morgan fingerprint density at radius 1 is 1.00 bits per heavy atom. The van der Waals surface area contributed by atoms with Gasteiger partial charge in [0.2, 0.25) is 0 Å². The molecule has 5 heteroatoms. The Hall–Kier alpha value is -2.69. The normalized spacial score (nSPS) is 10.0. The van der Waals surface area contributed by atoms with Crippen LogP contribution in [-0.2, 0) is 0 Å². The molecule has 0 aliphatic carbocycles. The number of hydrogen-bond donors (Lipinski definition) is 1. The van der Waals surface area contributed by atoms with Crippen LogP contribution in [0.5, 0.6) is 17.2 Å². The van der Waals surface area contributed by atoms with Gasteiger partial charge >= 0.3 is 0 Å². The molecule has 0 atom stereocenters. The SMILES string of the molecule is COc1ccc(NC(=O)c2cccc(C)c2OC)c(OC)c1. The first-order valence-corrected chi connectivity index (χ1v) is 6.77. The molecule has 0 fully saturated rings. The quantitative estimate of drug-likeness (QED) is 0.921. The van der Waals surface area contributed by atoms with Crippen molar-refractivity contribution in [3.8, 4) is 17.2 Å². The van der Waals surface area contributed by atoms with Crippen molar-refractivity contribution >= 4 is 11.6 Å². The average Bonchev–Trinajstić information content (AvgIpc) is 2.54. The molecule has 0 radical (unpaired) electrons. The average molecular weight is 301 g/mol. The Kier molecular flexibility index (Phi) is 4.88. The summed E-state index contributed by atoms with van der Waals surface area (Å²) in [4.78, 5) is 12.5. The van der Waals surface area contributed by atoms with Gasteiger partial charge in [0, 0.05) is 6.07 Å². The molecule has 0 unspecified atom stereocenters. The minimum absolute atomic E-state index is 0.260. The minimum Gasteiger partial charge on any atom is -0.497 e. The highest BCUT2D eigenvalue weighted by Crippen LogP contribution is 2.30. The number of para-hydroxylation sites is 1. The summed E-state index contributed by atoms with van der Waals surface area (Å²) in [5.74, 6) is 1.49. The largest absolute Gasteiger partial charge is 0.497 e. The predicted octanol–water partition coefficient (Wildman–Crippen LogP) is 3.27. The fraction of sp³-hybridized carbons (Fsp3) is 0.235. The molecule has 2 aromatic carbocycles. The summed E-state index contributed by atoms with van der Waals surface area (Å²) in [6.07, 6.45) is 0. The summed E-state index contributed by atoms with van der Waals surface area (Å²) in [6.45, 7) is 1.89. The number of carbonyl (C=O) groups excluding carboxylic acids is 1. The number of methoxy groups -OCH3 is 3. The number of anilines is 1. The van der Waals surface area contributed by atoms with Gasteiger partial charge in [-0.25, -0.2) is 0 Å². The molecule has 22 heavy (non-hydrogen) atoms. The van der Waals surface area contributed by atoms with E-state index in [9.17, 15) is 4.79 Å². The maximum atomic E-state index is 12.5. The Bertz CT molecular complexity index is 682. The Morgan fingerprint density at radius 2 is 1.77 bits per heavy atom. The van der Waals surface area contributed by atoms with Gasteiger partial charge in [-0.1, -0.05) is 12.1 Å². The second-order valence-corrected chi connectivity index (χ2v) is 4.68. The lowest BCUT2D eigenvalue weighted by molar-refractivity contribution is 0.102. The van der Waals surface area contributed by atoms with Crippen LogP contribution >= 0.6 is 0 Å². The third kappa shape index (κ3) is 3.14. The lowest BCUT2D eigenvalue weighted by Gasteiger charge is -2.14. The van der Waals surface area contributed by atoms with Crippen LogP contribution in [0.15, 0.2) is 36.4 Å². The van der Waals surface area contributed by atoms with E-state index in [1.807, 2.05) is 19.1 Å². The van der Waals surface area contributed by atoms with Gasteiger partial charge in [-0.05, 0) is 30.7 Å². The summed E-state index contributed by atoms with van der Waals surface area (Å²) in [5, 5.41) is 2.83. The first-order valence-electron chi connectivity index (χ1n) is 6.77. The van der Waals surface area contributed by atoms with E-state index in [-0.39, 0.29) is 5.91 Å². The van der Waals surface area contributed by atoms with Crippen molar-refractivity contribution < 1.29 is 19.0 Å². The number of aryl methyl sites for hydroxylation is 1. The molecule has 0 saturated carbocycles. The van der Waals surface area contributed by atoms with Gasteiger partial charge in [-0.3, -0.25) is 4.79 Å². The van der Waals surface area contributed by atoms with Crippen LogP contribution in [0.3, 0.4) is 0 Å². The van der Waals surface area contributed by atoms with Gasteiger partial charge < -0.3 is 19.5 Å². The molecule has 5 nitrogen and oxygen atoms in total. The summed E-state index contributed by atoms with van der Waals surface area (Å²) >= 11 is 0. The highest BCUT2D eigenvalue weighted by Gasteiger charge is 2.16. The van der Waals surface area contributed by atoms with Gasteiger partial charge in [0.15, 0.2) is 0 Å². The van der Waals surface area contributed by atoms with Crippen LogP contribution in [0, 0.1) is 6.92 Å². The van der Waals surface area contributed by atoms with E-state index in [2.05, 4.69) is 5.32 Å². The molecule has 1 amide bonds. The minimum atomic E-state index is -0.260. The van der Waals surface area contributed by atoms with Crippen LogP contribution in [0.1, 0.15) is 15.9 Å². The zero-order valence-electron chi connectivity index (χ0n) is 13.1. The number of amides is 1. The monoisotopic (exact) mass is 301 g/mol. The lowest BCUT2D eigenvalue weighted by Crippen LogP contribution is -2.14. The predicted molar refractivity (Wildman–Crippen MR) is 85.2 cm³/mol. The molecule has 2 rings (SSSR count). The van der Waals surface area contributed by atoms with Crippen molar-refractivity contribution in [1.29, 1.82) is 0 Å². The highest BCUT2D eigenvalue weighted by molar-refractivity contribution is 6.07. The molecule has 0 spiro atoms. The van der Waals surface area contributed by atoms with Gasteiger partial charge in [0.05, 0.1) is 32.6 Å². The highest BCUT2D eigenvalue weighted by atomic mass is 16.5. The molecule has 0 saturated heterocycles. The number of carbonyl (C=O) groups is 1. The van der Waals surface area contributed by atoms with Crippen molar-refractivity contribution in [3.63, 3.8) is 0 Å². The summed E-state index contributed by atoms with van der Waals surface area (Å²) in [6, 6.07) is 10.6. The topological polar surface area (TPSA) is 56.8 Å². The van der Waals surface area contributed by atoms with Crippen LogP contribution < -0.4 is 19.5 Å². The van der Waals surface area contributed by atoms with E-state index in [0.29, 0.717) is 28.5 Å². The first-order chi connectivity index (χ1) is 10.6. The standard InChI is InChI=1S/C17H19NO4/c1-11-6-5-7-13(16(11)22-4)17(19)18-14-9-8-12(20-2)10-15(14)21-3/h5-10H,1-4H3,(H,18,19). The van der Waals surface area contributed by atoms with Crippen LogP contribution in [0.4, 0.5) is 5.69 Å². The van der Waals surface area contributed by atoms with Crippen LogP contribution in [0.25, 0.3) is 0 Å². The Balaban J connectivity index is 2.31. The molecule has 116 valence electrons. The fourth-order valence-electron chi connectivity index (χ4n) is 2.19. The smallest absolute Gasteiger partial charge is 0.259 e. The van der Waals surface area contributed by atoms with Crippen LogP contribution in [-0.4, -0.2) is 27.2 Å². The fourth-order valence-corrected chi connectivity index (χ4v) is 2.19. The zero-order valence-corrected chi connectivity index (χ0v) is 13.1. The number of ether oxygens (including phenoxy) is 3. The van der Waals surface area contributed by atoms with Crippen molar-refractivity contribution in [3.05, 3.63) is 47.5 Å². The van der Waals surface area contributed by atoms with E-state index in [1.54, 1.807) is 38.5 Å². The van der Waals surface area contributed by atoms with Gasteiger partial charge in [0.25, 0.3) is 5.91 Å². The molecule has 1 N–H and O–H groups in total. The number of rotatable bonds is 5. The summed E-state index contributed by atoms with van der Waals surface area (Å²) < 4.78 is 15.7. The second kappa shape index (κ2) is 6.85. The van der Waals surface area contributed by atoms with Gasteiger partial charge in [-0.2, -0.15) is 0 Å². The summed E-state index contributed by atoms with van der Waals surface area (Å²) in [5.41, 5.74) is 1.94. The molecule has 2 aromatic rings. The van der Waals surface area contributed by atoms with Crippen molar-refractivity contribution in [2.75, 3.05) is 26.6 Å². The zero-order chi connectivity index (χ0) is 16.1. The van der Waals surface area contributed by atoms with E-state index in [1.165, 1.54) is 7.11 Å².